The van der Waals surface area contributed by atoms with Crippen molar-refractivity contribution < 1.29 is 18.9 Å². The molecule has 184 valence electrons. The average molecular weight is 478 g/mol. The molecule has 0 fully saturated rings. The fraction of sp³-hybridized carbons (Fsp3) is 0.520. The van der Waals surface area contributed by atoms with Gasteiger partial charge in [0, 0.05) is 16.6 Å². The van der Waals surface area contributed by atoms with Gasteiger partial charge in [0.1, 0.15) is 0 Å². The van der Waals surface area contributed by atoms with Crippen LogP contribution in [-0.2, 0) is 6.42 Å². The first-order valence-corrected chi connectivity index (χ1v) is 12.4. The summed E-state index contributed by atoms with van der Waals surface area (Å²) in [6.45, 7) is 3.94. The van der Waals surface area contributed by atoms with Crippen LogP contribution in [0.2, 0.25) is 0 Å². The highest BCUT2D eigenvalue weighted by Gasteiger charge is 2.09. The normalized spacial score (nSPS) is 10.8. The summed E-state index contributed by atoms with van der Waals surface area (Å²) in [4.78, 5) is 1.21. The van der Waals surface area contributed by atoms with Crippen molar-refractivity contribution in [3.8, 4) is 23.0 Å². The lowest BCUT2D eigenvalue weighted by Gasteiger charge is -2.13. The van der Waals surface area contributed by atoms with Crippen molar-refractivity contribution in [2.45, 2.75) is 30.6 Å². The molecule has 2 aromatic carbocycles. The van der Waals surface area contributed by atoms with Gasteiger partial charge < -0.3 is 35.3 Å². The Morgan fingerprint density at radius 1 is 0.697 bits per heavy atom. The molecule has 8 heteroatoms. The molecule has 33 heavy (non-hydrogen) atoms. The molecule has 7 nitrogen and oxygen atoms in total. The summed E-state index contributed by atoms with van der Waals surface area (Å²) >= 11 is 1.85. The fourth-order valence-electron chi connectivity index (χ4n) is 3.41. The SMILES string of the molecule is COc1ccc(SCCCCNCCCNCCc2cc(OC)c(OC)cc2N)cc1OC. The Hall–Kier alpha value is -2.29. The van der Waals surface area contributed by atoms with Gasteiger partial charge in [-0.3, -0.25) is 0 Å². The maximum Gasteiger partial charge on any atom is 0.162 e. The number of nitrogens with one attached hydrogen (secondary N) is 2. The number of rotatable bonds is 17. The van der Waals surface area contributed by atoms with E-state index in [1.54, 1.807) is 28.4 Å². The molecule has 0 atom stereocenters. The number of hydrogen-bond donors (Lipinski definition) is 3. The average Bonchev–Trinajstić information content (AvgIpc) is 2.84. The van der Waals surface area contributed by atoms with Crippen LogP contribution in [-0.4, -0.2) is 60.4 Å². The molecule has 0 saturated carbocycles. The number of thioether (sulfide) groups is 1. The van der Waals surface area contributed by atoms with E-state index in [0.29, 0.717) is 11.5 Å². The molecule has 2 rings (SSSR count). The predicted octanol–water partition coefficient (Wildman–Crippen LogP) is 3.99. The van der Waals surface area contributed by atoms with Gasteiger partial charge in [0.05, 0.1) is 28.4 Å². The van der Waals surface area contributed by atoms with Crippen molar-refractivity contribution >= 4 is 17.4 Å². The smallest absolute Gasteiger partial charge is 0.162 e. The Bertz CT molecular complexity index is 836. The summed E-state index contributed by atoms with van der Waals surface area (Å²) < 4.78 is 21.3. The second-order valence-electron chi connectivity index (χ2n) is 7.58. The predicted molar refractivity (Wildman–Crippen MR) is 138 cm³/mol. The first-order chi connectivity index (χ1) is 16.1. The van der Waals surface area contributed by atoms with Crippen LogP contribution in [0.4, 0.5) is 5.69 Å². The van der Waals surface area contributed by atoms with E-state index in [2.05, 4.69) is 16.7 Å². The van der Waals surface area contributed by atoms with Gasteiger partial charge >= 0.3 is 0 Å². The van der Waals surface area contributed by atoms with Crippen molar-refractivity contribution in [3.05, 3.63) is 35.9 Å². The third-order valence-corrected chi connectivity index (χ3v) is 6.38. The maximum atomic E-state index is 6.12. The van der Waals surface area contributed by atoms with Crippen LogP contribution in [0.1, 0.15) is 24.8 Å². The first-order valence-electron chi connectivity index (χ1n) is 11.4. The molecule has 0 radical (unpaired) electrons. The standard InChI is InChI=1S/C25H39N3O4S/c1-29-22-9-8-20(17-24(22)31-3)33-15-6-5-11-27-12-7-13-28-14-10-19-16-23(30-2)25(32-4)18-21(19)26/h8-9,16-18,27-28H,5-7,10-15,26H2,1-4H3. The Morgan fingerprint density at radius 2 is 1.30 bits per heavy atom. The highest BCUT2D eigenvalue weighted by Crippen LogP contribution is 2.33. The lowest BCUT2D eigenvalue weighted by atomic mass is 10.1. The van der Waals surface area contributed by atoms with Crippen molar-refractivity contribution in [1.29, 1.82) is 0 Å². The van der Waals surface area contributed by atoms with Gasteiger partial charge in [-0.15, -0.1) is 11.8 Å². The largest absolute Gasteiger partial charge is 0.493 e. The number of nitrogens with two attached hydrogens (primary N) is 1. The number of benzene rings is 2. The van der Waals surface area contributed by atoms with Crippen LogP contribution in [0.5, 0.6) is 23.0 Å². The summed E-state index contributed by atoms with van der Waals surface area (Å²) in [5.74, 6) is 4.03. The van der Waals surface area contributed by atoms with Crippen LogP contribution in [0, 0.1) is 0 Å². The molecule has 0 aliphatic carbocycles. The highest BCUT2D eigenvalue weighted by molar-refractivity contribution is 7.99. The second kappa shape index (κ2) is 15.5. The number of anilines is 1. The third kappa shape index (κ3) is 9.23. The minimum absolute atomic E-state index is 0.664. The summed E-state index contributed by atoms with van der Waals surface area (Å²) in [5, 5.41) is 7.01. The van der Waals surface area contributed by atoms with E-state index in [1.807, 2.05) is 36.0 Å². The van der Waals surface area contributed by atoms with E-state index in [9.17, 15) is 0 Å². The van der Waals surface area contributed by atoms with Crippen molar-refractivity contribution in [1.82, 2.24) is 10.6 Å². The van der Waals surface area contributed by atoms with Crippen LogP contribution >= 0.6 is 11.8 Å². The number of hydrogen-bond acceptors (Lipinski definition) is 8. The zero-order chi connectivity index (χ0) is 23.9. The molecule has 0 aliphatic rings. The maximum absolute atomic E-state index is 6.12. The number of unbranched alkanes of at least 4 members (excludes halogenated alkanes) is 1. The lowest BCUT2D eigenvalue weighted by molar-refractivity contribution is 0.354. The number of nitrogen functional groups attached to an aromatic ring is 1. The highest BCUT2D eigenvalue weighted by atomic mass is 32.2. The molecule has 0 bridgehead atoms. The molecule has 2 aromatic rings. The number of ether oxygens (including phenoxy) is 4. The molecule has 0 spiro atoms. The van der Waals surface area contributed by atoms with Gasteiger partial charge in [-0.2, -0.15) is 0 Å². The Morgan fingerprint density at radius 3 is 2.00 bits per heavy atom. The summed E-state index contributed by atoms with van der Waals surface area (Å²) in [6, 6.07) is 9.86. The molecule has 0 unspecified atom stereocenters. The van der Waals surface area contributed by atoms with Gasteiger partial charge in [-0.1, -0.05) is 0 Å². The zero-order valence-electron chi connectivity index (χ0n) is 20.4. The van der Waals surface area contributed by atoms with Crippen molar-refractivity contribution in [2.24, 2.45) is 0 Å². The molecule has 0 amide bonds. The van der Waals surface area contributed by atoms with Gasteiger partial charge in [0.15, 0.2) is 23.0 Å². The Balaban J connectivity index is 1.48. The molecular weight excluding hydrogens is 438 g/mol. The Labute approximate surface area is 202 Å². The van der Waals surface area contributed by atoms with E-state index >= 15 is 0 Å². The molecule has 0 aliphatic heterocycles. The number of methoxy groups -OCH3 is 4. The fourth-order valence-corrected chi connectivity index (χ4v) is 4.35. The minimum atomic E-state index is 0.664. The summed E-state index contributed by atoms with van der Waals surface area (Å²) in [6.07, 6.45) is 4.31. The summed E-state index contributed by atoms with van der Waals surface area (Å²) in [5.41, 5.74) is 7.93. The Kier molecular flexibility index (Phi) is 12.7. The summed E-state index contributed by atoms with van der Waals surface area (Å²) in [7, 11) is 6.58. The molecule has 4 N–H and O–H groups in total. The van der Waals surface area contributed by atoms with E-state index in [4.69, 9.17) is 24.7 Å². The van der Waals surface area contributed by atoms with E-state index in [-0.39, 0.29) is 0 Å². The van der Waals surface area contributed by atoms with Crippen LogP contribution in [0.25, 0.3) is 0 Å². The van der Waals surface area contributed by atoms with Gasteiger partial charge in [-0.25, -0.2) is 0 Å². The van der Waals surface area contributed by atoms with Gasteiger partial charge in [0.2, 0.25) is 0 Å². The first kappa shape index (κ1) is 27.0. The molecule has 0 saturated heterocycles. The minimum Gasteiger partial charge on any atom is -0.493 e. The lowest BCUT2D eigenvalue weighted by Crippen LogP contribution is -2.24. The second-order valence-corrected chi connectivity index (χ2v) is 8.75. The third-order valence-electron chi connectivity index (χ3n) is 5.30. The van der Waals surface area contributed by atoms with Crippen molar-refractivity contribution in [2.75, 3.05) is 66.1 Å². The van der Waals surface area contributed by atoms with Crippen molar-refractivity contribution in [3.63, 3.8) is 0 Å². The monoisotopic (exact) mass is 477 g/mol. The van der Waals surface area contributed by atoms with E-state index in [1.165, 1.54) is 17.7 Å². The van der Waals surface area contributed by atoms with Gasteiger partial charge in [0.25, 0.3) is 0 Å². The van der Waals surface area contributed by atoms with E-state index in [0.717, 1.165) is 67.5 Å². The molecular formula is C25H39N3O4S. The van der Waals surface area contributed by atoms with E-state index < -0.39 is 0 Å². The van der Waals surface area contributed by atoms with Crippen LogP contribution in [0.3, 0.4) is 0 Å². The zero-order valence-corrected chi connectivity index (χ0v) is 21.2. The molecule has 0 heterocycles. The quantitative estimate of drug-likeness (QED) is 0.179. The van der Waals surface area contributed by atoms with Gasteiger partial charge in [-0.05, 0) is 87.4 Å². The topological polar surface area (TPSA) is 87.0 Å². The van der Waals surface area contributed by atoms with Crippen LogP contribution in [0.15, 0.2) is 35.2 Å². The molecule has 0 aromatic heterocycles. The van der Waals surface area contributed by atoms with Crippen LogP contribution < -0.4 is 35.3 Å².